The first-order chi connectivity index (χ1) is 10.0. The van der Waals surface area contributed by atoms with Crippen LogP contribution in [-0.2, 0) is 0 Å². The molecule has 0 saturated heterocycles. The van der Waals surface area contributed by atoms with Gasteiger partial charge in [-0.3, -0.25) is 0 Å². The summed E-state index contributed by atoms with van der Waals surface area (Å²) in [6.07, 6.45) is 0. The van der Waals surface area contributed by atoms with Gasteiger partial charge in [-0.2, -0.15) is 0 Å². The van der Waals surface area contributed by atoms with Gasteiger partial charge in [0, 0.05) is 17.3 Å². The number of hydrogen-bond donors (Lipinski definition) is 3. The first-order valence-electron chi connectivity index (χ1n) is 6.74. The van der Waals surface area contributed by atoms with Gasteiger partial charge in [0.15, 0.2) is 0 Å². The molecule has 0 fully saturated rings. The Labute approximate surface area is 121 Å². The van der Waals surface area contributed by atoms with Gasteiger partial charge < -0.3 is 15.4 Å². The predicted molar refractivity (Wildman–Crippen MR) is 80.9 cm³/mol. The van der Waals surface area contributed by atoms with Crippen molar-refractivity contribution in [2.75, 3.05) is 5.32 Å². The number of fused-ring (bicyclic) bond motifs is 1. The van der Waals surface area contributed by atoms with E-state index < -0.39 is 5.82 Å². The van der Waals surface area contributed by atoms with Crippen molar-refractivity contribution in [1.82, 2.24) is 9.97 Å². The molecule has 1 heterocycles. The first kappa shape index (κ1) is 13.4. The Hall–Kier alpha value is -2.56. The predicted octanol–water partition coefficient (Wildman–Crippen LogP) is 3.89. The van der Waals surface area contributed by atoms with E-state index in [2.05, 4.69) is 15.3 Å². The fourth-order valence-electron chi connectivity index (χ4n) is 2.42. The number of aromatic nitrogens is 2. The lowest BCUT2D eigenvalue weighted by molar-refractivity contribution is 0.467. The van der Waals surface area contributed by atoms with Crippen molar-refractivity contribution in [2.24, 2.45) is 0 Å². The van der Waals surface area contributed by atoms with Crippen molar-refractivity contribution in [2.45, 2.75) is 19.9 Å². The second kappa shape index (κ2) is 5.09. The van der Waals surface area contributed by atoms with Crippen molar-refractivity contribution in [3.63, 3.8) is 0 Å². The SMILES string of the molecule is Cc1nc2ccc(NC(C)c3ccc(O)cc3F)cc2[nH]1. The molecule has 0 radical (unpaired) electrons. The van der Waals surface area contributed by atoms with Crippen molar-refractivity contribution in [1.29, 1.82) is 0 Å². The largest absolute Gasteiger partial charge is 0.508 e. The Kier molecular flexibility index (Phi) is 3.25. The zero-order valence-corrected chi connectivity index (χ0v) is 11.8. The molecular weight excluding hydrogens is 269 g/mol. The fraction of sp³-hybridized carbons (Fsp3) is 0.188. The van der Waals surface area contributed by atoms with Crippen LogP contribution >= 0.6 is 0 Å². The number of benzene rings is 2. The molecule has 0 amide bonds. The molecule has 0 saturated carbocycles. The highest BCUT2D eigenvalue weighted by Crippen LogP contribution is 2.25. The van der Waals surface area contributed by atoms with Crippen molar-refractivity contribution in [3.8, 4) is 5.75 Å². The summed E-state index contributed by atoms with van der Waals surface area (Å²) in [6, 6.07) is 9.75. The number of imidazole rings is 1. The number of hydrogen-bond acceptors (Lipinski definition) is 3. The lowest BCUT2D eigenvalue weighted by Crippen LogP contribution is -2.08. The second-order valence-electron chi connectivity index (χ2n) is 5.13. The summed E-state index contributed by atoms with van der Waals surface area (Å²) in [5.41, 5.74) is 3.23. The number of nitrogens with one attached hydrogen (secondary N) is 2. The molecule has 0 aliphatic carbocycles. The number of halogens is 1. The summed E-state index contributed by atoms with van der Waals surface area (Å²) in [5.74, 6) is 0.367. The first-order valence-corrected chi connectivity index (χ1v) is 6.74. The number of rotatable bonds is 3. The smallest absolute Gasteiger partial charge is 0.132 e. The van der Waals surface area contributed by atoms with Gasteiger partial charge in [-0.1, -0.05) is 6.07 Å². The Balaban J connectivity index is 1.86. The van der Waals surface area contributed by atoms with Crippen LogP contribution in [0.1, 0.15) is 24.4 Å². The van der Waals surface area contributed by atoms with Crippen LogP contribution in [0.15, 0.2) is 36.4 Å². The van der Waals surface area contributed by atoms with E-state index in [0.717, 1.165) is 28.6 Å². The Morgan fingerprint density at radius 1 is 1.24 bits per heavy atom. The molecule has 0 aliphatic heterocycles. The Bertz CT molecular complexity index is 797. The minimum atomic E-state index is -0.423. The highest BCUT2D eigenvalue weighted by atomic mass is 19.1. The van der Waals surface area contributed by atoms with Crippen LogP contribution in [0.25, 0.3) is 11.0 Å². The van der Waals surface area contributed by atoms with Gasteiger partial charge >= 0.3 is 0 Å². The Morgan fingerprint density at radius 3 is 2.81 bits per heavy atom. The molecule has 0 bridgehead atoms. The molecule has 1 atom stereocenters. The summed E-state index contributed by atoms with van der Waals surface area (Å²) in [6.45, 7) is 3.78. The summed E-state index contributed by atoms with van der Waals surface area (Å²) >= 11 is 0. The highest BCUT2D eigenvalue weighted by Gasteiger charge is 2.12. The molecule has 0 spiro atoms. The van der Waals surface area contributed by atoms with Crippen molar-refractivity contribution < 1.29 is 9.50 Å². The number of phenolic OH excluding ortho intramolecular Hbond substituents is 1. The number of aryl methyl sites for hydroxylation is 1. The van der Waals surface area contributed by atoms with Crippen LogP contribution in [0.5, 0.6) is 5.75 Å². The van der Waals surface area contributed by atoms with Gasteiger partial charge in [0.2, 0.25) is 0 Å². The Morgan fingerprint density at radius 2 is 2.05 bits per heavy atom. The van der Waals surface area contributed by atoms with E-state index in [0.29, 0.717) is 5.56 Å². The second-order valence-corrected chi connectivity index (χ2v) is 5.13. The topological polar surface area (TPSA) is 60.9 Å². The van der Waals surface area contributed by atoms with Gasteiger partial charge in [0.1, 0.15) is 17.4 Å². The molecule has 3 rings (SSSR count). The maximum atomic E-state index is 13.8. The van der Waals surface area contributed by atoms with Gasteiger partial charge in [-0.25, -0.2) is 9.37 Å². The van der Waals surface area contributed by atoms with Gasteiger partial charge in [-0.05, 0) is 38.1 Å². The number of nitrogens with zero attached hydrogens (tertiary/aromatic N) is 1. The zero-order chi connectivity index (χ0) is 15.0. The number of phenols is 1. The average molecular weight is 285 g/mol. The van der Waals surface area contributed by atoms with Gasteiger partial charge in [0.25, 0.3) is 0 Å². The van der Waals surface area contributed by atoms with E-state index in [-0.39, 0.29) is 11.8 Å². The molecule has 1 unspecified atom stereocenters. The molecule has 5 heteroatoms. The van der Waals surface area contributed by atoms with E-state index in [1.165, 1.54) is 6.07 Å². The van der Waals surface area contributed by atoms with Crippen LogP contribution in [-0.4, -0.2) is 15.1 Å². The molecule has 21 heavy (non-hydrogen) atoms. The quantitative estimate of drug-likeness (QED) is 0.684. The van der Waals surface area contributed by atoms with Gasteiger partial charge in [-0.15, -0.1) is 0 Å². The van der Waals surface area contributed by atoms with E-state index in [4.69, 9.17) is 0 Å². The summed E-state index contributed by atoms with van der Waals surface area (Å²) in [7, 11) is 0. The standard InChI is InChI=1S/C16H16FN3O/c1-9(13-5-4-12(21)8-14(13)17)18-11-3-6-15-16(7-11)20-10(2)19-15/h3-9,18,21H,1-2H3,(H,19,20). The van der Waals surface area contributed by atoms with Crippen molar-refractivity contribution >= 4 is 16.7 Å². The highest BCUT2D eigenvalue weighted by molar-refractivity contribution is 5.79. The van der Waals surface area contributed by atoms with Crippen LogP contribution in [0.3, 0.4) is 0 Å². The normalized spacial score (nSPS) is 12.5. The monoisotopic (exact) mass is 285 g/mol. The molecule has 3 aromatic rings. The summed E-state index contributed by atoms with van der Waals surface area (Å²) < 4.78 is 13.8. The maximum absolute atomic E-state index is 13.8. The third-order valence-corrected chi connectivity index (χ3v) is 3.43. The van der Waals surface area contributed by atoms with E-state index in [9.17, 15) is 9.50 Å². The lowest BCUT2D eigenvalue weighted by atomic mass is 10.1. The van der Waals surface area contributed by atoms with Crippen molar-refractivity contribution in [3.05, 3.63) is 53.6 Å². The summed E-state index contributed by atoms with van der Waals surface area (Å²) in [4.78, 5) is 7.52. The molecule has 1 aromatic heterocycles. The maximum Gasteiger partial charge on any atom is 0.132 e. The van der Waals surface area contributed by atoms with Crippen LogP contribution in [0, 0.1) is 12.7 Å². The zero-order valence-electron chi connectivity index (χ0n) is 11.8. The summed E-state index contributed by atoms with van der Waals surface area (Å²) in [5, 5.41) is 12.5. The fourth-order valence-corrected chi connectivity index (χ4v) is 2.42. The number of H-pyrrole nitrogens is 1. The lowest BCUT2D eigenvalue weighted by Gasteiger charge is -2.16. The molecule has 2 aromatic carbocycles. The van der Waals surface area contributed by atoms with E-state index in [1.54, 1.807) is 6.07 Å². The molecule has 4 nitrogen and oxygen atoms in total. The minimum absolute atomic E-state index is 0.0715. The van der Waals surface area contributed by atoms with Crippen LogP contribution in [0.2, 0.25) is 0 Å². The minimum Gasteiger partial charge on any atom is -0.508 e. The van der Waals surface area contributed by atoms with E-state index >= 15 is 0 Å². The number of aromatic hydroxyl groups is 1. The molecular formula is C16H16FN3O. The van der Waals surface area contributed by atoms with Gasteiger partial charge in [0.05, 0.1) is 17.1 Å². The molecule has 108 valence electrons. The van der Waals surface area contributed by atoms with Crippen LogP contribution in [0.4, 0.5) is 10.1 Å². The third-order valence-electron chi connectivity index (χ3n) is 3.43. The van der Waals surface area contributed by atoms with E-state index in [1.807, 2.05) is 32.0 Å². The third kappa shape index (κ3) is 2.67. The number of aromatic amines is 1. The molecule has 0 aliphatic rings. The molecule has 3 N–H and O–H groups in total. The number of anilines is 1. The van der Waals surface area contributed by atoms with Crippen LogP contribution < -0.4 is 5.32 Å². The average Bonchev–Trinajstić information content (AvgIpc) is 2.77.